The summed E-state index contributed by atoms with van der Waals surface area (Å²) in [4.78, 5) is 0. The molecule has 7 heteroatoms. The van der Waals surface area contributed by atoms with Gasteiger partial charge in [-0.1, -0.05) is 0 Å². The van der Waals surface area contributed by atoms with Crippen LogP contribution in [0.1, 0.15) is 0 Å². The van der Waals surface area contributed by atoms with Crippen LogP contribution in [0.25, 0.3) is 0 Å². The number of rotatable bonds is 0. The standard InChI is InChI=1S/3Cu.2FH.2S/h;;;2*1H;;/q3*+2;;;2*-2/p-2. The van der Waals surface area contributed by atoms with Crippen molar-refractivity contribution in [2.24, 2.45) is 0 Å². The van der Waals surface area contributed by atoms with Crippen LogP contribution in [-0.4, -0.2) is 0 Å². The molecule has 0 nitrogen and oxygen atoms in total. The van der Waals surface area contributed by atoms with Crippen molar-refractivity contribution in [2.75, 3.05) is 0 Å². The minimum Gasteiger partial charge on any atom is -2.00 e. The molecule has 0 rings (SSSR count). The van der Waals surface area contributed by atoms with Gasteiger partial charge in [-0.15, -0.1) is 0 Å². The van der Waals surface area contributed by atoms with Gasteiger partial charge in [0.1, 0.15) is 0 Å². The molecular formula is Cu3F2S2. The molecule has 0 saturated heterocycles. The van der Waals surface area contributed by atoms with Crippen LogP contribution in [0.5, 0.6) is 0 Å². The van der Waals surface area contributed by atoms with Gasteiger partial charge in [-0.2, -0.15) is 0 Å². The Kier molecular flexibility index (Phi) is 1750. The second-order valence-electron chi connectivity index (χ2n) is 0. The van der Waals surface area contributed by atoms with Crippen LogP contribution in [0.15, 0.2) is 0 Å². The molecule has 0 aromatic rings. The maximum atomic E-state index is 0. The van der Waals surface area contributed by atoms with Crippen LogP contribution < -0.4 is 9.41 Å². The molecule has 0 heterocycles. The first-order chi connectivity index (χ1) is 0. The van der Waals surface area contributed by atoms with Crippen molar-refractivity contribution in [3.8, 4) is 0 Å². The minimum absolute atomic E-state index is 0. The zero-order valence-electron chi connectivity index (χ0n) is 2.48. The van der Waals surface area contributed by atoms with E-state index in [0.29, 0.717) is 0 Å². The first kappa shape index (κ1) is 134. The van der Waals surface area contributed by atoms with E-state index in [0.717, 1.165) is 0 Å². The normalized spacial score (nSPS) is 0. The summed E-state index contributed by atoms with van der Waals surface area (Å²) >= 11 is 0. The third-order valence-electron chi connectivity index (χ3n) is 0. The average molecular weight is 293 g/mol. The number of hydrogen-bond donors (Lipinski definition) is 0. The van der Waals surface area contributed by atoms with Crippen molar-refractivity contribution in [1.29, 1.82) is 0 Å². The maximum absolute atomic E-state index is 0. The summed E-state index contributed by atoms with van der Waals surface area (Å²) in [6.07, 6.45) is 0. The second-order valence-corrected chi connectivity index (χ2v) is 0. The third-order valence-corrected chi connectivity index (χ3v) is 0. The zero-order chi connectivity index (χ0) is 0. The fourth-order valence-electron chi connectivity index (χ4n) is 0. The van der Waals surface area contributed by atoms with E-state index >= 15 is 0 Å². The maximum Gasteiger partial charge on any atom is 2.00 e. The van der Waals surface area contributed by atoms with E-state index < -0.39 is 0 Å². The van der Waals surface area contributed by atoms with E-state index in [4.69, 9.17) is 0 Å². The monoisotopic (exact) mass is 291 g/mol. The largest absolute Gasteiger partial charge is 2.00 e. The van der Waals surface area contributed by atoms with Crippen LogP contribution in [0.3, 0.4) is 0 Å². The number of hydrogen-bond acceptors (Lipinski definition) is 0. The van der Waals surface area contributed by atoms with Gasteiger partial charge in [-0.3, -0.25) is 0 Å². The molecule has 0 fully saturated rings. The van der Waals surface area contributed by atoms with Crippen molar-refractivity contribution in [3.63, 3.8) is 0 Å². The van der Waals surface area contributed by atoms with E-state index in [9.17, 15) is 0 Å². The first-order valence-corrected chi connectivity index (χ1v) is 0. The first-order valence-electron chi connectivity index (χ1n) is 0. The molecule has 0 atom stereocenters. The molecule has 0 bridgehead atoms. The third kappa shape index (κ3) is 67.7. The van der Waals surface area contributed by atoms with Crippen LogP contribution >= 0.6 is 0 Å². The van der Waals surface area contributed by atoms with Gasteiger partial charge in [0.15, 0.2) is 0 Å². The molecule has 0 unspecified atom stereocenters. The zero-order valence-corrected chi connectivity index (χ0v) is 6.93. The summed E-state index contributed by atoms with van der Waals surface area (Å²) in [7, 11) is 0. The topological polar surface area (TPSA) is 0 Å². The Morgan fingerprint density at radius 1 is 0.429 bits per heavy atom. The van der Waals surface area contributed by atoms with Crippen LogP contribution in [0.2, 0.25) is 0 Å². The molecular weight excluding hydrogens is 293 g/mol. The van der Waals surface area contributed by atoms with Gasteiger partial charge < -0.3 is 36.4 Å². The van der Waals surface area contributed by atoms with Crippen LogP contribution in [-0.2, 0) is 78.2 Å². The molecule has 0 aromatic heterocycles. The van der Waals surface area contributed by atoms with E-state index in [-0.39, 0.29) is 87.6 Å². The molecule has 0 aliphatic rings. The molecule has 0 N–H and O–H groups in total. The van der Waals surface area contributed by atoms with Gasteiger partial charge in [0, 0.05) is 0 Å². The Balaban J connectivity index is 0. The van der Waals surface area contributed by atoms with E-state index in [1.54, 1.807) is 0 Å². The average Bonchev–Trinajstić information content (AvgIpc) is 0. The molecule has 59 valence electrons. The van der Waals surface area contributed by atoms with Gasteiger partial charge >= 0.3 is 51.2 Å². The van der Waals surface area contributed by atoms with Crippen molar-refractivity contribution in [2.45, 2.75) is 0 Å². The summed E-state index contributed by atoms with van der Waals surface area (Å²) < 4.78 is 0. The van der Waals surface area contributed by atoms with E-state index in [1.165, 1.54) is 0 Å². The summed E-state index contributed by atoms with van der Waals surface area (Å²) in [5.74, 6) is 0. The summed E-state index contributed by atoms with van der Waals surface area (Å²) in [5.41, 5.74) is 0. The predicted molar refractivity (Wildman–Crippen MR) is 14.7 cm³/mol. The van der Waals surface area contributed by atoms with Gasteiger partial charge in [0.25, 0.3) is 0 Å². The summed E-state index contributed by atoms with van der Waals surface area (Å²) in [6, 6.07) is 0. The van der Waals surface area contributed by atoms with Crippen LogP contribution in [0.4, 0.5) is 0 Å². The Hall–Kier alpha value is 2.12. The quantitative estimate of drug-likeness (QED) is 0.390. The van der Waals surface area contributed by atoms with Gasteiger partial charge in [0.05, 0.1) is 0 Å². The smallest absolute Gasteiger partial charge is 2.00 e. The summed E-state index contributed by atoms with van der Waals surface area (Å²) in [5, 5.41) is 0. The predicted octanol–water partition coefficient (Wildman–Crippen LogP) is -6.00. The van der Waals surface area contributed by atoms with Gasteiger partial charge in [-0.05, 0) is 0 Å². The molecule has 3 radical (unpaired) electrons. The fourth-order valence-corrected chi connectivity index (χ4v) is 0. The van der Waals surface area contributed by atoms with E-state index in [2.05, 4.69) is 0 Å². The SMILES string of the molecule is [Cu+2].[Cu+2].[Cu+2].[F-].[F-].[S-2].[S-2]. The Morgan fingerprint density at radius 3 is 0.429 bits per heavy atom. The molecule has 0 aliphatic heterocycles. The van der Waals surface area contributed by atoms with Crippen molar-refractivity contribution in [3.05, 3.63) is 0 Å². The fraction of sp³-hybridized carbons (Fsp3) is 0. The summed E-state index contributed by atoms with van der Waals surface area (Å²) in [6.45, 7) is 0. The molecule has 0 saturated carbocycles. The minimum atomic E-state index is 0. The Morgan fingerprint density at radius 2 is 0.429 bits per heavy atom. The Labute approximate surface area is 87.0 Å². The second kappa shape index (κ2) is 91.7. The Bertz CT molecular complexity index is 10.9. The number of halogens is 2. The molecule has 7 heavy (non-hydrogen) atoms. The van der Waals surface area contributed by atoms with Crippen molar-refractivity contribution >= 4 is 27.0 Å². The van der Waals surface area contributed by atoms with Crippen molar-refractivity contribution in [1.82, 2.24) is 0 Å². The molecule has 0 aromatic carbocycles. The van der Waals surface area contributed by atoms with Crippen molar-refractivity contribution < 1.29 is 60.6 Å². The van der Waals surface area contributed by atoms with Crippen LogP contribution in [0, 0.1) is 0 Å². The van der Waals surface area contributed by atoms with Gasteiger partial charge in [0.2, 0.25) is 0 Å². The van der Waals surface area contributed by atoms with E-state index in [1.807, 2.05) is 0 Å². The molecule has 0 aliphatic carbocycles. The molecule has 0 amide bonds. The van der Waals surface area contributed by atoms with Gasteiger partial charge in [-0.25, -0.2) is 0 Å². The molecule has 0 spiro atoms.